The lowest BCUT2D eigenvalue weighted by molar-refractivity contribution is -0.155. The molecule has 9 heteroatoms. The maximum Gasteiger partial charge on any atom is 0.334 e. The summed E-state index contributed by atoms with van der Waals surface area (Å²) in [5.74, 6) is -0.704. The zero-order chi connectivity index (χ0) is 24.1. The molecule has 0 radical (unpaired) electrons. The molecule has 2 aromatic rings. The van der Waals surface area contributed by atoms with Crippen molar-refractivity contribution >= 4 is 39.4 Å². The van der Waals surface area contributed by atoms with Gasteiger partial charge in [0, 0.05) is 17.0 Å². The molecule has 0 saturated heterocycles. The van der Waals surface area contributed by atoms with Gasteiger partial charge in [0.05, 0.1) is 7.11 Å². The van der Waals surface area contributed by atoms with Crippen molar-refractivity contribution in [1.29, 1.82) is 0 Å². The summed E-state index contributed by atoms with van der Waals surface area (Å²) in [5.41, 5.74) is 1.25. The quantitative estimate of drug-likeness (QED) is 0.250. The fourth-order valence-corrected chi connectivity index (χ4v) is 5.50. The fraction of sp³-hybridized carbons (Fsp3) is 0.478. The SMILES string of the molecule is COC(=O)C(NCc1ccc(-c2cc(CC(C)C)sc2NS(=O)O)cc1)(C(C)=O)C(C)C. The molecule has 7 nitrogen and oxygen atoms in total. The van der Waals surface area contributed by atoms with Gasteiger partial charge in [-0.15, -0.1) is 11.3 Å². The van der Waals surface area contributed by atoms with Crippen molar-refractivity contribution in [1.82, 2.24) is 5.32 Å². The second-order valence-electron chi connectivity index (χ2n) is 8.47. The van der Waals surface area contributed by atoms with Gasteiger partial charge in [0.25, 0.3) is 11.3 Å². The zero-order valence-corrected chi connectivity index (χ0v) is 21.0. The summed E-state index contributed by atoms with van der Waals surface area (Å²) in [6.07, 6.45) is 0.884. The Morgan fingerprint density at radius 3 is 2.28 bits per heavy atom. The van der Waals surface area contributed by atoms with Crippen LogP contribution in [-0.2, 0) is 38.6 Å². The number of nitrogens with one attached hydrogen (secondary N) is 2. The highest BCUT2D eigenvalue weighted by atomic mass is 32.2. The summed E-state index contributed by atoms with van der Waals surface area (Å²) in [6, 6.07) is 9.71. The van der Waals surface area contributed by atoms with Gasteiger partial charge < -0.3 is 4.74 Å². The highest BCUT2D eigenvalue weighted by molar-refractivity contribution is 7.80. The summed E-state index contributed by atoms with van der Waals surface area (Å²) >= 11 is -0.682. The van der Waals surface area contributed by atoms with Gasteiger partial charge in [0.2, 0.25) is 0 Å². The minimum absolute atomic E-state index is 0.287. The highest BCUT2D eigenvalue weighted by Crippen LogP contribution is 2.37. The van der Waals surface area contributed by atoms with Gasteiger partial charge >= 0.3 is 5.97 Å². The Hall–Kier alpha value is -2.07. The predicted octanol–water partition coefficient (Wildman–Crippen LogP) is 4.41. The summed E-state index contributed by atoms with van der Waals surface area (Å²) in [6.45, 7) is 9.56. The van der Waals surface area contributed by atoms with E-state index in [1.807, 2.05) is 30.3 Å². The van der Waals surface area contributed by atoms with E-state index in [0.29, 0.717) is 17.5 Å². The summed E-state index contributed by atoms with van der Waals surface area (Å²) in [5, 5.41) is 3.76. The summed E-state index contributed by atoms with van der Waals surface area (Å²) < 4.78 is 28.2. The van der Waals surface area contributed by atoms with Crippen LogP contribution in [0.2, 0.25) is 0 Å². The topological polar surface area (TPSA) is 105 Å². The van der Waals surface area contributed by atoms with Crippen molar-refractivity contribution in [3.05, 3.63) is 40.8 Å². The first-order valence-corrected chi connectivity index (χ1v) is 12.4. The van der Waals surface area contributed by atoms with Crippen LogP contribution in [0.3, 0.4) is 0 Å². The molecule has 176 valence electrons. The highest BCUT2D eigenvalue weighted by Gasteiger charge is 2.47. The normalized spacial score (nSPS) is 14.3. The Labute approximate surface area is 196 Å². The van der Waals surface area contributed by atoms with E-state index in [2.05, 4.69) is 23.9 Å². The summed E-state index contributed by atoms with van der Waals surface area (Å²) in [4.78, 5) is 25.9. The number of anilines is 1. The lowest BCUT2D eigenvalue weighted by atomic mass is 9.82. The monoisotopic (exact) mass is 480 g/mol. The number of Topliss-reactive ketones (excluding diaryl/α,β-unsaturated/α-hetero) is 1. The zero-order valence-electron chi connectivity index (χ0n) is 19.4. The Balaban J connectivity index is 2.28. The van der Waals surface area contributed by atoms with E-state index in [9.17, 15) is 18.4 Å². The molecular formula is C23H32N2O5S2. The van der Waals surface area contributed by atoms with Crippen LogP contribution in [0.25, 0.3) is 11.1 Å². The van der Waals surface area contributed by atoms with Crippen LogP contribution >= 0.6 is 11.3 Å². The third-order valence-corrected chi connectivity index (χ3v) is 6.92. The van der Waals surface area contributed by atoms with Gasteiger partial charge in [-0.3, -0.25) is 19.4 Å². The number of carbonyl (C=O) groups is 2. The van der Waals surface area contributed by atoms with Crippen molar-refractivity contribution in [3.8, 4) is 11.1 Å². The van der Waals surface area contributed by atoms with Gasteiger partial charge in [0.15, 0.2) is 11.3 Å². The maximum absolute atomic E-state index is 12.4. The molecule has 32 heavy (non-hydrogen) atoms. The number of hydrogen-bond acceptors (Lipinski definition) is 6. The first-order chi connectivity index (χ1) is 15.0. The molecule has 1 aromatic heterocycles. The first-order valence-electron chi connectivity index (χ1n) is 10.4. The molecule has 0 spiro atoms. The number of hydrogen-bond donors (Lipinski definition) is 3. The standard InChI is InChI=1S/C23H32N2O5S2/c1-14(2)11-19-12-20(21(31-19)25-32(28)29)18-9-7-17(8-10-18)13-24-23(15(3)4,16(5)26)22(27)30-6/h7-10,12,14-15,24-25H,11,13H2,1-6H3,(H,28,29). The third kappa shape index (κ3) is 6.04. The van der Waals surface area contributed by atoms with Crippen LogP contribution in [0.4, 0.5) is 5.00 Å². The second kappa shape index (κ2) is 11.2. The Bertz CT molecular complexity index is 969. The minimum Gasteiger partial charge on any atom is -0.467 e. The number of ketones is 1. The smallest absolute Gasteiger partial charge is 0.334 e. The second-order valence-corrected chi connectivity index (χ2v) is 10.3. The molecule has 0 amide bonds. The van der Waals surface area contributed by atoms with Gasteiger partial charge in [-0.2, -0.15) is 0 Å². The van der Waals surface area contributed by atoms with Gasteiger partial charge in [-0.1, -0.05) is 52.0 Å². The molecule has 3 N–H and O–H groups in total. The van der Waals surface area contributed by atoms with E-state index in [-0.39, 0.29) is 11.7 Å². The van der Waals surface area contributed by atoms with Crippen LogP contribution in [0, 0.1) is 11.8 Å². The van der Waals surface area contributed by atoms with E-state index in [4.69, 9.17) is 4.74 Å². The number of methoxy groups -OCH3 is 1. The van der Waals surface area contributed by atoms with E-state index >= 15 is 0 Å². The first kappa shape index (κ1) is 26.2. The van der Waals surface area contributed by atoms with Gasteiger partial charge in [0.1, 0.15) is 5.00 Å². The van der Waals surface area contributed by atoms with Crippen LogP contribution in [-0.4, -0.2) is 33.2 Å². The molecule has 0 aliphatic rings. The fourth-order valence-electron chi connectivity index (χ4n) is 3.71. The number of carbonyl (C=O) groups excluding carboxylic acids is 2. The van der Waals surface area contributed by atoms with Crippen molar-refractivity contribution in [2.45, 2.75) is 53.1 Å². The lowest BCUT2D eigenvalue weighted by Gasteiger charge is -2.33. The molecule has 1 heterocycles. The third-order valence-electron chi connectivity index (χ3n) is 5.34. The van der Waals surface area contributed by atoms with Crippen molar-refractivity contribution < 1.29 is 23.1 Å². The van der Waals surface area contributed by atoms with E-state index < -0.39 is 22.8 Å². The molecule has 2 unspecified atom stereocenters. The summed E-state index contributed by atoms with van der Waals surface area (Å²) in [7, 11) is 1.28. The Kier molecular flexibility index (Phi) is 9.15. The molecule has 1 aromatic carbocycles. The van der Waals surface area contributed by atoms with Gasteiger partial charge in [-0.25, -0.2) is 9.00 Å². The number of ether oxygens (including phenoxy) is 1. The van der Waals surface area contributed by atoms with Crippen LogP contribution in [0.5, 0.6) is 0 Å². The average molecular weight is 481 g/mol. The molecule has 0 aliphatic carbocycles. The van der Waals surface area contributed by atoms with Crippen molar-refractivity contribution in [2.75, 3.05) is 11.8 Å². The van der Waals surface area contributed by atoms with Crippen molar-refractivity contribution in [2.24, 2.45) is 11.8 Å². The molecule has 0 bridgehead atoms. The van der Waals surface area contributed by atoms with Crippen LogP contribution in [0.15, 0.2) is 30.3 Å². The average Bonchev–Trinajstić information content (AvgIpc) is 3.08. The molecule has 0 saturated carbocycles. The molecule has 2 atom stereocenters. The Morgan fingerprint density at radius 2 is 1.81 bits per heavy atom. The largest absolute Gasteiger partial charge is 0.467 e. The number of rotatable bonds is 11. The molecule has 0 aliphatic heterocycles. The maximum atomic E-state index is 12.4. The van der Waals surface area contributed by atoms with E-state index in [0.717, 1.165) is 28.0 Å². The molecule has 0 fully saturated rings. The van der Waals surface area contributed by atoms with Crippen molar-refractivity contribution in [3.63, 3.8) is 0 Å². The minimum atomic E-state index is -2.16. The van der Waals surface area contributed by atoms with Gasteiger partial charge in [-0.05, 0) is 42.4 Å². The van der Waals surface area contributed by atoms with E-state index in [1.54, 1.807) is 13.8 Å². The number of thiophene rings is 1. The number of benzene rings is 1. The number of esters is 1. The van der Waals surface area contributed by atoms with Crippen LogP contribution in [0.1, 0.15) is 45.1 Å². The lowest BCUT2D eigenvalue weighted by Crippen LogP contribution is -2.61. The molecular weight excluding hydrogens is 448 g/mol. The van der Waals surface area contributed by atoms with Crippen LogP contribution < -0.4 is 10.0 Å². The Morgan fingerprint density at radius 1 is 1.19 bits per heavy atom. The van der Waals surface area contributed by atoms with E-state index in [1.165, 1.54) is 25.4 Å². The molecule has 2 rings (SSSR count). The predicted molar refractivity (Wildman–Crippen MR) is 130 cm³/mol.